The Kier molecular flexibility index (Phi) is 3.96. The van der Waals surface area contributed by atoms with E-state index in [-0.39, 0.29) is 11.9 Å². The molecule has 0 radical (unpaired) electrons. The summed E-state index contributed by atoms with van der Waals surface area (Å²) in [4.78, 5) is 13.0. The minimum atomic E-state index is -0.386. The van der Waals surface area contributed by atoms with Crippen LogP contribution < -0.4 is 4.90 Å². The van der Waals surface area contributed by atoms with Crippen LogP contribution in [0.2, 0.25) is 0 Å². The van der Waals surface area contributed by atoms with Gasteiger partial charge < -0.3 is 9.64 Å². The highest BCUT2D eigenvalue weighted by atomic mass is 19.1. The number of fused-ring (bicyclic) bond motifs is 1. The number of nitrogens with zero attached hydrogens (tertiary/aromatic N) is 4. The van der Waals surface area contributed by atoms with Crippen LogP contribution in [0.25, 0.3) is 0 Å². The molecule has 1 aliphatic carbocycles. The van der Waals surface area contributed by atoms with Crippen LogP contribution in [0.3, 0.4) is 0 Å². The van der Waals surface area contributed by atoms with Crippen molar-refractivity contribution in [3.63, 3.8) is 0 Å². The summed E-state index contributed by atoms with van der Waals surface area (Å²) in [6, 6.07) is 0.292. The molecule has 0 N–H and O–H groups in total. The minimum Gasteiger partial charge on any atom is -0.373 e. The molecule has 22 heavy (non-hydrogen) atoms. The second-order valence-corrected chi connectivity index (χ2v) is 6.74. The summed E-state index contributed by atoms with van der Waals surface area (Å²) in [5.41, 5.74) is 0. The van der Waals surface area contributed by atoms with Gasteiger partial charge in [-0.05, 0) is 18.8 Å². The molecule has 4 rings (SSSR count). The summed E-state index contributed by atoms with van der Waals surface area (Å²) in [6.07, 6.45) is 8.24. The summed E-state index contributed by atoms with van der Waals surface area (Å²) in [5.74, 6) is 1.10. The number of hydrogen-bond donors (Lipinski definition) is 0. The largest absolute Gasteiger partial charge is 0.373 e. The van der Waals surface area contributed by atoms with Gasteiger partial charge >= 0.3 is 0 Å². The number of morpholine rings is 1. The van der Waals surface area contributed by atoms with Crippen LogP contribution in [0.15, 0.2) is 12.4 Å². The number of hydrogen-bond acceptors (Lipinski definition) is 5. The van der Waals surface area contributed by atoms with Gasteiger partial charge in [-0.1, -0.05) is 12.8 Å². The van der Waals surface area contributed by atoms with Crippen molar-refractivity contribution in [1.29, 1.82) is 0 Å². The Bertz CT molecular complexity index is 505. The van der Waals surface area contributed by atoms with Gasteiger partial charge in [0.25, 0.3) is 0 Å². The Morgan fingerprint density at radius 1 is 1.18 bits per heavy atom. The lowest BCUT2D eigenvalue weighted by atomic mass is 10.1. The van der Waals surface area contributed by atoms with Crippen molar-refractivity contribution in [2.75, 3.05) is 37.7 Å². The number of halogens is 1. The third kappa shape index (κ3) is 2.82. The zero-order valence-corrected chi connectivity index (χ0v) is 12.8. The minimum absolute atomic E-state index is 0.226. The molecule has 2 atom stereocenters. The van der Waals surface area contributed by atoms with E-state index >= 15 is 0 Å². The Balaban J connectivity index is 1.45. The third-order valence-corrected chi connectivity index (χ3v) is 5.23. The fourth-order valence-electron chi connectivity index (χ4n) is 4.17. The maximum atomic E-state index is 13.0. The second kappa shape index (κ2) is 6.08. The van der Waals surface area contributed by atoms with Crippen molar-refractivity contribution in [2.24, 2.45) is 5.92 Å². The summed E-state index contributed by atoms with van der Waals surface area (Å²) in [5, 5.41) is 0. The molecule has 5 nitrogen and oxygen atoms in total. The molecule has 0 bridgehead atoms. The molecule has 6 heteroatoms. The van der Waals surface area contributed by atoms with Gasteiger partial charge in [0.15, 0.2) is 5.82 Å². The highest BCUT2D eigenvalue weighted by molar-refractivity contribution is 5.33. The molecule has 3 heterocycles. The molecular formula is C16H23FN4O. The average molecular weight is 306 g/mol. The number of rotatable bonds is 3. The van der Waals surface area contributed by atoms with E-state index in [9.17, 15) is 4.39 Å². The van der Waals surface area contributed by atoms with Gasteiger partial charge in [-0.25, -0.2) is 14.4 Å². The quantitative estimate of drug-likeness (QED) is 0.850. The molecule has 3 aliphatic rings. The van der Waals surface area contributed by atoms with Gasteiger partial charge in [-0.3, -0.25) is 4.90 Å². The van der Waals surface area contributed by atoms with E-state index < -0.39 is 0 Å². The van der Waals surface area contributed by atoms with Crippen LogP contribution in [0, 0.1) is 11.7 Å². The molecule has 0 unspecified atom stereocenters. The maximum Gasteiger partial charge on any atom is 0.225 e. The van der Waals surface area contributed by atoms with Crippen molar-refractivity contribution >= 4 is 5.95 Å². The van der Waals surface area contributed by atoms with E-state index in [0.717, 1.165) is 25.6 Å². The fraction of sp³-hybridized carbons (Fsp3) is 0.750. The molecule has 0 spiro atoms. The lowest BCUT2D eigenvalue weighted by molar-refractivity contribution is 0.0298. The van der Waals surface area contributed by atoms with Gasteiger partial charge in [0.1, 0.15) is 0 Å². The van der Waals surface area contributed by atoms with Crippen LogP contribution in [0.1, 0.15) is 25.7 Å². The van der Waals surface area contributed by atoms with Gasteiger partial charge in [-0.15, -0.1) is 0 Å². The average Bonchev–Trinajstić information content (AvgIpc) is 3.17. The van der Waals surface area contributed by atoms with Gasteiger partial charge in [-0.2, -0.15) is 0 Å². The number of ether oxygens (including phenoxy) is 1. The Hall–Kier alpha value is -1.27. The van der Waals surface area contributed by atoms with Crippen molar-refractivity contribution in [3.05, 3.63) is 18.2 Å². The lowest BCUT2D eigenvalue weighted by Gasteiger charge is -2.36. The van der Waals surface area contributed by atoms with E-state index in [4.69, 9.17) is 4.74 Å². The number of likely N-dealkylation sites (tertiary alicyclic amines) is 1. The molecule has 1 saturated carbocycles. The Labute approximate surface area is 130 Å². The van der Waals surface area contributed by atoms with Gasteiger partial charge in [0.2, 0.25) is 5.95 Å². The summed E-state index contributed by atoms with van der Waals surface area (Å²) in [7, 11) is 0. The molecule has 2 saturated heterocycles. The molecular weight excluding hydrogens is 283 g/mol. The van der Waals surface area contributed by atoms with Crippen molar-refractivity contribution in [3.8, 4) is 0 Å². The number of anilines is 1. The monoisotopic (exact) mass is 306 g/mol. The topological polar surface area (TPSA) is 41.5 Å². The van der Waals surface area contributed by atoms with Crippen molar-refractivity contribution in [2.45, 2.75) is 37.8 Å². The van der Waals surface area contributed by atoms with Crippen LogP contribution in [-0.4, -0.2) is 59.8 Å². The molecule has 1 aromatic rings. The van der Waals surface area contributed by atoms with E-state index in [1.54, 1.807) is 0 Å². The number of aromatic nitrogens is 2. The zero-order chi connectivity index (χ0) is 14.9. The predicted octanol–water partition coefficient (Wildman–Crippen LogP) is 1.70. The maximum absolute atomic E-state index is 13.0. The smallest absolute Gasteiger partial charge is 0.225 e. The predicted molar refractivity (Wildman–Crippen MR) is 81.3 cm³/mol. The Morgan fingerprint density at radius 3 is 2.73 bits per heavy atom. The zero-order valence-electron chi connectivity index (χ0n) is 12.8. The molecule has 1 aromatic heterocycles. The standard InChI is InChI=1S/C16H23FN4O/c17-13-7-18-16(19-8-13)21-5-6-22-15-11-20(10-14(15)21)9-12-3-1-2-4-12/h7-8,12,14-15H,1-6,9-11H2/t14-,15+/m1/s1. The lowest BCUT2D eigenvalue weighted by Crippen LogP contribution is -2.51. The van der Waals surface area contributed by atoms with E-state index in [2.05, 4.69) is 19.8 Å². The fourth-order valence-corrected chi connectivity index (χ4v) is 4.17. The van der Waals surface area contributed by atoms with Gasteiger partial charge in [0.05, 0.1) is 31.1 Å². The van der Waals surface area contributed by atoms with E-state index in [0.29, 0.717) is 18.6 Å². The summed E-state index contributed by atoms with van der Waals surface area (Å²) < 4.78 is 19.0. The molecule has 0 amide bonds. The van der Waals surface area contributed by atoms with Crippen LogP contribution >= 0.6 is 0 Å². The van der Waals surface area contributed by atoms with Gasteiger partial charge in [0, 0.05) is 26.2 Å². The highest BCUT2D eigenvalue weighted by Crippen LogP contribution is 2.30. The SMILES string of the molecule is Fc1cnc(N2CCO[C@H]3CN(CC4CCCC4)C[C@H]32)nc1. The third-order valence-electron chi connectivity index (χ3n) is 5.23. The first-order valence-corrected chi connectivity index (χ1v) is 8.38. The van der Waals surface area contributed by atoms with Crippen molar-refractivity contribution in [1.82, 2.24) is 14.9 Å². The first kappa shape index (κ1) is 14.3. The summed E-state index contributed by atoms with van der Waals surface area (Å²) >= 11 is 0. The highest BCUT2D eigenvalue weighted by Gasteiger charge is 2.41. The van der Waals surface area contributed by atoms with E-state index in [1.807, 2.05) is 0 Å². The van der Waals surface area contributed by atoms with Crippen LogP contribution in [-0.2, 0) is 4.74 Å². The summed E-state index contributed by atoms with van der Waals surface area (Å²) in [6.45, 7) is 4.67. The molecule has 120 valence electrons. The Morgan fingerprint density at radius 2 is 1.95 bits per heavy atom. The van der Waals surface area contributed by atoms with Crippen molar-refractivity contribution < 1.29 is 9.13 Å². The molecule has 3 fully saturated rings. The van der Waals surface area contributed by atoms with Crippen LogP contribution in [0.5, 0.6) is 0 Å². The molecule has 2 aliphatic heterocycles. The van der Waals surface area contributed by atoms with Crippen LogP contribution in [0.4, 0.5) is 10.3 Å². The van der Waals surface area contributed by atoms with E-state index in [1.165, 1.54) is 44.6 Å². The second-order valence-electron chi connectivity index (χ2n) is 6.74. The first-order valence-electron chi connectivity index (χ1n) is 8.38. The molecule has 0 aromatic carbocycles. The first-order chi connectivity index (χ1) is 10.8. The normalized spacial score (nSPS) is 30.0.